The summed E-state index contributed by atoms with van der Waals surface area (Å²) >= 11 is 0. The summed E-state index contributed by atoms with van der Waals surface area (Å²) in [6.45, 7) is 9.69. The lowest BCUT2D eigenvalue weighted by Crippen LogP contribution is -2.19. The molecular formula is C27H35N3. The molecule has 0 spiro atoms. The van der Waals surface area contributed by atoms with E-state index in [9.17, 15) is 0 Å². The van der Waals surface area contributed by atoms with E-state index in [0.717, 1.165) is 36.6 Å². The molecule has 3 aliphatic rings. The van der Waals surface area contributed by atoms with Crippen molar-refractivity contribution in [3.05, 3.63) is 83.5 Å². The van der Waals surface area contributed by atoms with Gasteiger partial charge in [0.25, 0.3) is 0 Å². The molecule has 1 unspecified atom stereocenters. The first-order valence-corrected chi connectivity index (χ1v) is 11.7. The summed E-state index contributed by atoms with van der Waals surface area (Å²) in [6.07, 6.45) is 26.7. The summed E-state index contributed by atoms with van der Waals surface area (Å²) in [4.78, 5) is 0. The Kier molecular flexibility index (Phi) is 6.56. The zero-order valence-corrected chi connectivity index (χ0v) is 18.5. The molecule has 158 valence electrons. The molecule has 0 saturated heterocycles. The van der Waals surface area contributed by atoms with E-state index in [0.29, 0.717) is 0 Å². The minimum atomic E-state index is 0.180. The summed E-state index contributed by atoms with van der Waals surface area (Å²) in [5.74, 6) is 0.947. The molecule has 4 rings (SSSR count). The van der Waals surface area contributed by atoms with Crippen molar-refractivity contribution in [1.29, 1.82) is 0 Å². The molecule has 0 bridgehead atoms. The van der Waals surface area contributed by atoms with Crippen LogP contribution in [0.2, 0.25) is 0 Å². The van der Waals surface area contributed by atoms with Gasteiger partial charge in [0.05, 0.1) is 6.20 Å². The Hall–Kier alpha value is -2.55. The SMILES string of the molecule is C=C1C(NC2=CC(C3CCCCC3)=CC2)=CC=CC1/C(=C\CC)c1cnn(CC)c1. The van der Waals surface area contributed by atoms with E-state index in [2.05, 4.69) is 73.5 Å². The lowest BCUT2D eigenvalue weighted by molar-refractivity contribution is 0.408. The normalized spacial score (nSPS) is 22.7. The molecule has 1 aromatic rings. The second-order valence-electron chi connectivity index (χ2n) is 8.66. The fourth-order valence-electron chi connectivity index (χ4n) is 4.92. The molecule has 0 radical (unpaired) electrons. The number of nitrogens with zero attached hydrogens (tertiary/aromatic N) is 2. The van der Waals surface area contributed by atoms with E-state index >= 15 is 0 Å². The van der Waals surface area contributed by atoms with Gasteiger partial charge >= 0.3 is 0 Å². The van der Waals surface area contributed by atoms with Gasteiger partial charge in [-0.15, -0.1) is 0 Å². The van der Waals surface area contributed by atoms with Gasteiger partial charge in [0, 0.05) is 42.0 Å². The van der Waals surface area contributed by atoms with Gasteiger partial charge in [-0.1, -0.05) is 57.1 Å². The van der Waals surface area contributed by atoms with Gasteiger partial charge in [-0.25, -0.2) is 0 Å². The average molecular weight is 402 g/mol. The van der Waals surface area contributed by atoms with Crippen molar-refractivity contribution in [3.63, 3.8) is 0 Å². The predicted molar refractivity (Wildman–Crippen MR) is 127 cm³/mol. The summed E-state index contributed by atoms with van der Waals surface area (Å²) in [7, 11) is 0. The van der Waals surface area contributed by atoms with Crippen molar-refractivity contribution >= 4 is 5.57 Å². The van der Waals surface area contributed by atoms with Gasteiger partial charge in [0.2, 0.25) is 0 Å². The fourth-order valence-corrected chi connectivity index (χ4v) is 4.92. The molecule has 1 N–H and O–H groups in total. The molecule has 1 heterocycles. The molecule has 0 aliphatic heterocycles. The van der Waals surface area contributed by atoms with Crippen molar-refractivity contribution < 1.29 is 0 Å². The Morgan fingerprint density at radius 1 is 1.27 bits per heavy atom. The van der Waals surface area contributed by atoms with Crippen molar-refractivity contribution in [2.45, 2.75) is 65.3 Å². The monoisotopic (exact) mass is 401 g/mol. The van der Waals surface area contributed by atoms with Gasteiger partial charge in [0.15, 0.2) is 0 Å². The van der Waals surface area contributed by atoms with Crippen molar-refractivity contribution in [3.8, 4) is 0 Å². The molecule has 0 aromatic carbocycles. The minimum Gasteiger partial charge on any atom is -0.358 e. The van der Waals surface area contributed by atoms with Crippen LogP contribution in [0, 0.1) is 11.8 Å². The molecular weight excluding hydrogens is 366 g/mol. The summed E-state index contributed by atoms with van der Waals surface area (Å²) in [6, 6.07) is 0. The largest absolute Gasteiger partial charge is 0.358 e. The summed E-state index contributed by atoms with van der Waals surface area (Å²) in [5, 5.41) is 8.19. The van der Waals surface area contributed by atoms with Crippen molar-refractivity contribution in [2.75, 3.05) is 0 Å². The fraction of sp³-hybridized carbons (Fsp3) is 0.444. The second-order valence-corrected chi connectivity index (χ2v) is 8.66. The van der Waals surface area contributed by atoms with E-state index < -0.39 is 0 Å². The number of nitrogens with one attached hydrogen (secondary N) is 1. The van der Waals surface area contributed by atoms with E-state index in [-0.39, 0.29) is 5.92 Å². The Bertz CT molecular complexity index is 929. The van der Waals surface area contributed by atoms with E-state index in [1.165, 1.54) is 48.9 Å². The van der Waals surface area contributed by atoms with Crippen LogP contribution in [0.3, 0.4) is 0 Å². The number of hydrogen-bond acceptors (Lipinski definition) is 2. The average Bonchev–Trinajstić information content (AvgIpc) is 3.44. The van der Waals surface area contributed by atoms with Crippen LogP contribution >= 0.6 is 0 Å². The van der Waals surface area contributed by atoms with Gasteiger partial charge in [-0.3, -0.25) is 4.68 Å². The Morgan fingerprint density at radius 2 is 2.10 bits per heavy atom. The Labute approximate surface area is 181 Å². The molecule has 30 heavy (non-hydrogen) atoms. The highest BCUT2D eigenvalue weighted by Gasteiger charge is 2.24. The highest BCUT2D eigenvalue weighted by molar-refractivity contribution is 5.73. The topological polar surface area (TPSA) is 29.9 Å². The van der Waals surface area contributed by atoms with Crippen LogP contribution in [-0.4, -0.2) is 9.78 Å². The summed E-state index contributed by atoms with van der Waals surface area (Å²) < 4.78 is 1.99. The number of aromatic nitrogens is 2. The smallest absolute Gasteiger partial charge is 0.0565 e. The first kappa shape index (κ1) is 20.7. The number of rotatable bonds is 7. The van der Waals surface area contributed by atoms with Crippen LogP contribution in [0.5, 0.6) is 0 Å². The number of hydrogen-bond donors (Lipinski definition) is 1. The predicted octanol–water partition coefficient (Wildman–Crippen LogP) is 6.71. The maximum atomic E-state index is 4.49. The quantitative estimate of drug-likeness (QED) is 0.550. The first-order chi connectivity index (χ1) is 14.7. The molecule has 3 heteroatoms. The van der Waals surface area contributed by atoms with Crippen LogP contribution in [0.1, 0.15) is 64.4 Å². The minimum absolute atomic E-state index is 0.180. The Balaban J connectivity index is 1.47. The third kappa shape index (κ3) is 4.45. The lowest BCUT2D eigenvalue weighted by atomic mass is 9.83. The van der Waals surface area contributed by atoms with E-state index in [1.54, 1.807) is 5.57 Å². The van der Waals surface area contributed by atoms with Gasteiger partial charge in [-0.2, -0.15) is 5.10 Å². The van der Waals surface area contributed by atoms with Crippen LogP contribution in [-0.2, 0) is 6.54 Å². The Morgan fingerprint density at radius 3 is 2.83 bits per heavy atom. The first-order valence-electron chi connectivity index (χ1n) is 11.7. The third-order valence-corrected chi connectivity index (χ3v) is 6.61. The maximum absolute atomic E-state index is 4.49. The molecule has 3 nitrogen and oxygen atoms in total. The number of allylic oxidation sites excluding steroid dienone is 9. The van der Waals surface area contributed by atoms with Crippen LogP contribution in [0.25, 0.3) is 5.57 Å². The summed E-state index contributed by atoms with van der Waals surface area (Å²) in [5.41, 5.74) is 7.61. The molecule has 1 fully saturated rings. The zero-order chi connectivity index (χ0) is 20.9. The third-order valence-electron chi connectivity index (χ3n) is 6.61. The van der Waals surface area contributed by atoms with Gasteiger partial charge < -0.3 is 5.32 Å². The molecule has 1 atom stereocenters. The molecule has 0 amide bonds. The van der Waals surface area contributed by atoms with Crippen LogP contribution < -0.4 is 5.32 Å². The second kappa shape index (κ2) is 9.51. The van der Waals surface area contributed by atoms with E-state index in [4.69, 9.17) is 0 Å². The van der Waals surface area contributed by atoms with Crippen molar-refractivity contribution in [1.82, 2.24) is 15.1 Å². The molecule has 1 aromatic heterocycles. The van der Waals surface area contributed by atoms with E-state index in [1.807, 2.05) is 10.9 Å². The van der Waals surface area contributed by atoms with Gasteiger partial charge in [-0.05, 0) is 61.0 Å². The molecule has 3 aliphatic carbocycles. The standard InChI is InChI=1S/C27H35N3/c1-4-10-26(23-18-28-30(5-2)19-23)25-13-9-14-27(20(25)3)29-24-16-15-22(17-24)21-11-7-6-8-12-21/h9-10,13-15,17-19,21,25,29H,3-8,11-12,16H2,1-2H3/b26-10-. The number of aryl methyl sites for hydroxylation is 1. The molecule has 1 saturated carbocycles. The van der Waals surface area contributed by atoms with Crippen molar-refractivity contribution in [2.24, 2.45) is 11.8 Å². The highest BCUT2D eigenvalue weighted by Crippen LogP contribution is 2.37. The zero-order valence-electron chi connectivity index (χ0n) is 18.5. The van der Waals surface area contributed by atoms with Crippen LogP contribution in [0.15, 0.2) is 78.0 Å². The maximum Gasteiger partial charge on any atom is 0.0565 e. The van der Waals surface area contributed by atoms with Gasteiger partial charge in [0.1, 0.15) is 0 Å². The van der Waals surface area contributed by atoms with Crippen LogP contribution in [0.4, 0.5) is 0 Å². The highest BCUT2D eigenvalue weighted by atomic mass is 15.3. The lowest BCUT2D eigenvalue weighted by Gasteiger charge is -2.25.